The van der Waals surface area contributed by atoms with E-state index in [0.717, 1.165) is 4.90 Å². The van der Waals surface area contributed by atoms with Gasteiger partial charge in [-0.3, -0.25) is 14.3 Å². The van der Waals surface area contributed by atoms with Crippen molar-refractivity contribution in [1.82, 2.24) is 4.90 Å². The van der Waals surface area contributed by atoms with E-state index in [1.54, 1.807) is 12.1 Å². The third kappa shape index (κ3) is 4.53. The van der Waals surface area contributed by atoms with Crippen LogP contribution in [-0.4, -0.2) is 52.1 Å². The number of sulfonamides is 1. The van der Waals surface area contributed by atoms with Crippen LogP contribution < -0.4 is 14.2 Å². The van der Waals surface area contributed by atoms with Crippen LogP contribution in [0.15, 0.2) is 71.6 Å². The number of rotatable bonds is 8. The highest BCUT2D eigenvalue weighted by molar-refractivity contribution is 7.92. The minimum absolute atomic E-state index is 0.0466. The lowest BCUT2D eigenvalue weighted by atomic mass is 10.1. The van der Waals surface area contributed by atoms with Gasteiger partial charge in [-0.2, -0.15) is 0 Å². The number of imide groups is 1. The summed E-state index contributed by atoms with van der Waals surface area (Å²) >= 11 is 0. The van der Waals surface area contributed by atoms with Crippen LogP contribution in [0.25, 0.3) is 0 Å². The number of ether oxygens (including phenoxy) is 3. The quantitative estimate of drug-likeness (QED) is 0.372. The van der Waals surface area contributed by atoms with E-state index in [0.29, 0.717) is 5.75 Å². The number of esters is 1. The maximum atomic E-state index is 13.0. The first-order chi connectivity index (χ1) is 16.8. The summed E-state index contributed by atoms with van der Waals surface area (Å²) in [6.45, 7) is -0.623. The van der Waals surface area contributed by atoms with Crippen LogP contribution in [0.5, 0.6) is 11.5 Å². The Labute approximate surface area is 201 Å². The molecule has 0 atom stereocenters. The molecule has 10 nitrogen and oxygen atoms in total. The molecule has 1 N–H and O–H groups in total. The molecule has 0 unspecified atom stereocenters. The smallest absolute Gasteiger partial charge is 0.342 e. The van der Waals surface area contributed by atoms with Gasteiger partial charge in [-0.1, -0.05) is 24.3 Å². The number of amides is 2. The molecule has 180 valence electrons. The molecule has 3 aromatic rings. The number of nitrogens with one attached hydrogen (secondary N) is 1. The molecule has 0 fully saturated rings. The molecule has 35 heavy (non-hydrogen) atoms. The van der Waals surface area contributed by atoms with Crippen molar-refractivity contribution in [1.29, 1.82) is 0 Å². The van der Waals surface area contributed by atoms with Gasteiger partial charge in [0, 0.05) is 6.07 Å². The Morgan fingerprint density at radius 3 is 2.09 bits per heavy atom. The first-order valence-electron chi connectivity index (χ1n) is 10.2. The molecule has 4 rings (SSSR count). The summed E-state index contributed by atoms with van der Waals surface area (Å²) in [6, 6.07) is 16.1. The normalized spacial score (nSPS) is 12.8. The first kappa shape index (κ1) is 23.8. The molecule has 1 heterocycles. The minimum Gasteiger partial charge on any atom is -0.493 e. The third-order valence-electron chi connectivity index (χ3n) is 5.26. The number of anilines is 1. The highest BCUT2D eigenvalue weighted by atomic mass is 32.2. The van der Waals surface area contributed by atoms with E-state index < -0.39 is 34.5 Å². The Bertz CT molecular complexity index is 1400. The van der Waals surface area contributed by atoms with E-state index in [2.05, 4.69) is 4.72 Å². The Morgan fingerprint density at radius 2 is 1.46 bits per heavy atom. The fraction of sp³-hybridized carbons (Fsp3) is 0.125. The van der Waals surface area contributed by atoms with Gasteiger partial charge in [0.05, 0.1) is 41.5 Å². The van der Waals surface area contributed by atoms with E-state index in [4.69, 9.17) is 14.2 Å². The van der Waals surface area contributed by atoms with Gasteiger partial charge in [0.25, 0.3) is 21.8 Å². The number of methoxy groups -OCH3 is 2. The molecule has 0 bridgehead atoms. The Balaban J connectivity index is 1.52. The van der Waals surface area contributed by atoms with Crippen molar-refractivity contribution < 1.29 is 37.0 Å². The summed E-state index contributed by atoms with van der Waals surface area (Å²) in [7, 11) is -1.32. The zero-order chi connectivity index (χ0) is 25.2. The van der Waals surface area contributed by atoms with Gasteiger partial charge in [0.2, 0.25) is 0 Å². The summed E-state index contributed by atoms with van der Waals surface area (Å²) < 4.78 is 43.8. The van der Waals surface area contributed by atoms with E-state index in [9.17, 15) is 22.8 Å². The van der Waals surface area contributed by atoms with Crippen molar-refractivity contribution >= 4 is 33.5 Å². The monoisotopic (exact) mass is 496 g/mol. The van der Waals surface area contributed by atoms with E-state index in [-0.39, 0.29) is 33.0 Å². The Hall–Kier alpha value is -4.38. The summed E-state index contributed by atoms with van der Waals surface area (Å²) in [5.74, 6) is -1.53. The lowest BCUT2D eigenvalue weighted by Crippen LogP contribution is -2.33. The van der Waals surface area contributed by atoms with Crippen LogP contribution in [0.4, 0.5) is 5.69 Å². The van der Waals surface area contributed by atoms with Crippen LogP contribution in [0.1, 0.15) is 31.1 Å². The number of carbonyl (C=O) groups excluding carboxylic acids is 3. The van der Waals surface area contributed by atoms with Gasteiger partial charge in [0.1, 0.15) is 0 Å². The topological polar surface area (TPSA) is 128 Å². The molecule has 0 aromatic heterocycles. The van der Waals surface area contributed by atoms with Crippen molar-refractivity contribution in [2.24, 2.45) is 0 Å². The van der Waals surface area contributed by atoms with Crippen LogP contribution in [-0.2, 0) is 14.8 Å². The lowest BCUT2D eigenvalue weighted by Gasteiger charge is -2.16. The van der Waals surface area contributed by atoms with Gasteiger partial charge in [-0.15, -0.1) is 0 Å². The fourth-order valence-electron chi connectivity index (χ4n) is 3.49. The summed E-state index contributed by atoms with van der Waals surface area (Å²) in [5, 5.41) is 0. The highest BCUT2D eigenvalue weighted by Crippen LogP contribution is 2.31. The van der Waals surface area contributed by atoms with E-state index >= 15 is 0 Å². The van der Waals surface area contributed by atoms with E-state index in [1.807, 2.05) is 0 Å². The molecule has 0 spiro atoms. The summed E-state index contributed by atoms with van der Waals surface area (Å²) in [4.78, 5) is 38.4. The van der Waals surface area contributed by atoms with Crippen molar-refractivity contribution in [3.8, 4) is 11.5 Å². The molecule has 3 aromatic carbocycles. The second-order valence-electron chi connectivity index (χ2n) is 7.31. The average Bonchev–Trinajstić information content (AvgIpc) is 3.11. The Morgan fingerprint density at radius 1 is 0.857 bits per heavy atom. The SMILES string of the molecule is COc1ccc(S(=O)(=O)Nc2ccccc2C(=O)OCN2C(=O)c3ccccc3C2=O)cc1OC. The molecule has 1 aliphatic rings. The van der Waals surface area contributed by atoms with Crippen LogP contribution in [0.2, 0.25) is 0 Å². The number of hydrogen-bond donors (Lipinski definition) is 1. The summed E-state index contributed by atoms with van der Waals surface area (Å²) in [6.07, 6.45) is 0. The van der Waals surface area contributed by atoms with Gasteiger partial charge in [0.15, 0.2) is 18.2 Å². The summed E-state index contributed by atoms with van der Waals surface area (Å²) in [5.41, 5.74) is 0.288. The molecule has 1 aliphatic heterocycles. The molecule has 0 saturated heterocycles. The number of para-hydroxylation sites is 1. The fourth-order valence-corrected chi connectivity index (χ4v) is 4.59. The molecule has 0 radical (unpaired) electrons. The zero-order valence-corrected chi connectivity index (χ0v) is 19.5. The molecular weight excluding hydrogens is 476 g/mol. The highest BCUT2D eigenvalue weighted by Gasteiger charge is 2.36. The number of carbonyl (C=O) groups is 3. The number of nitrogens with zero attached hydrogens (tertiary/aromatic N) is 1. The molecule has 0 aliphatic carbocycles. The van der Waals surface area contributed by atoms with Crippen molar-refractivity contribution in [3.05, 3.63) is 83.4 Å². The first-order valence-corrected chi connectivity index (χ1v) is 11.7. The maximum absolute atomic E-state index is 13.0. The van der Waals surface area contributed by atoms with Gasteiger partial charge >= 0.3 is 5.97 Å². The standard InChI is InChI=1S/C24H20N2O8S/c1-32-20-12-11-15(13-21(20)33-2)35(30,31)25-19-10-6-5-9-18(19)24(29)34-14-26-22(27)16-7-3-4-8-17(16)23(26)28/h3-13,25H,14H2,1-2H3. The lowest BCUT2D eigenvalue weighted by molar-refractivity contribution is 0.0229. The molecule has 11 heteroatoms. The second-order valence-corrected chi connectivity index (χ2v) is 9.00. The third-order valence-corrected chi connectivity index (χ3v) is 6.62. The molecular formula is C24H20N2O8S. The Kier molecular flexibility index (Phi) is 6.43. The number of fused-ring (bicyclic) bond motifs is 1. The maximum Gasteiger partial charge on any atom is 0.342 e. The van der Waals surface area contributed by atoms with Gasteiger partial charge in [-0.25, -0.2) is 18.1 Å². The van der Waals surface area contributed by atoms with Crippen molar-refractivity contribution in [3.63, 3.8) is 0 Å². The van der Waals surface area contributed by atoms with E-state index in [1.165, 1.54) is 68.8 Å². The van der Waals surface area contributed by atoms with Crippen LogP contribution >= 0.6 is 0 Å². The zero-order valence-electron chi connectivity index (χ0n) is 18.7. The van der Waals surface area contributed by atoms with Crippen LogP contribution in [0.3, 0.4) is 0 Å². The van der Waals surface area contributed by atoms with Crippen molar-refractivity contribution in [2.75, 3.05) is 25.7 Å². The molecule has 0 saturated carbocycles. The second kappa shape index (κ2) is 9.47. The minimum atomic E-state index is -4.12. The number of benzene rings is 3. The largest absolute Gasteiger partial charge is 0.493 e. The van der Waals surface area contributed by atoms with Gasteiger partial charge in [-0.05, 0) is 36.4 Å². The predicted molar refractivity (Wildman–Crippen MR) is 124 cm³/mol. The predicted octanol–water partition coefficient (Wildman–Crippen LogP) is 2.92. The molecule has 2 amide bonds. The van der Waals surface area contributed by atoms with Crippen LogP contribution in [0, 0.1) is 0 Å². The van der Waals surface area contributed by atoms with Crippen molar-refractivity contribution in [2.45, 2.75) is 4.90 Å². The average molecular weight is 496 g/mol. The number of hydrogen-bond acceptors (Lipinski definition) is 8. The van der Waals surface area contributed by atoms with Gasteiger partial charge < -0.3 is 14.2 Å².